The Morgan fingerprint density at radius 2 is 1.93 bits per heavy atom. The molecule has 1 unspecified atom stereocenters. The minimum Gasteiger partial charge on any atom is -0.493 e. The molecule has 1 heterocycles. The summed E-state index contributed by atoms with van der Waals surface area (Å²) in [5, 5.41) is 0. The van der Waals surface area contributed by atoms with Gasteiger partial charge in [0, 0.05) is 22.4 Å². The lowest BCUT2D eigenvalue weighted by Gasteiger charge is -2.37. The summed E-state index contributed by atoms with van der Waals surface area (Å²) in [6, 6.07) is 7.68. The predicted molar refractivity (Wildman–Crippen MR) is 122 cm³/mol. The standard InChI is InChI=1S/C25H32N2O2/c1-7-19(13-20-11-9-10-12-23(20)26)16(3)24(27)14-22-21(17(4)28)15-29-18(5)25(22,6)8-2/h9-14H,3,5,7-8,15,26-27H2,1-2,4,6H3/b19-13-,24-14-. The Hall–Kier alpha value is -3.01. The number of hydrogen-bond donors (Lipinski definition) is 2. The maximum Gasteiger partial charge on any atom is 0.159 e. The Morgan fingerprint density at radius 1 is 1.28 bits per heavy atom. The van der Waals surface area contributed by atoms with Crippen molar-refractivity contribution in [3.05, 3.63) is 82.8 Å². The average molecular weight is 393 g/mol. The van der Waals surface area contributed by atoms with Crippen LogP contribution in [0.5, 0.6) is 0 Å². The number of anilines is 1. The number of hydrogen-bond acceptors (Lipinski definition) is 4. The summed E-state index contributed by atoms with van der Waals surface area (Å²) in [6.07, 6.45) is 5.38. The highest BCUT2D eigenvalue weighted by Gasteiger charge is 2.38. The Morgan fingerprint density at radius 3 is 2.48 bits per heavy atom. The van der Waals surface area contributed by atoms with E-state index >= 15 is 0 Å². The maximum absolute atomic E-state index is 12.3. The van der Waals surface area contributed by atoms with E-state index < -0.39 is 5.41 Å². The second-order valence-corrected chi connectivity index (χ2v) is 7.58. The fourth-order valence-electron chi connectivity index (χ4n) is 3.47. The number of allylic oxidation sites excluding steroid dienone is 3. The van der Waals surface area contributed by atoms with Crippen molar-refractivity contribution in [2.75, 3.05) is 12.3 Å². The van der Waals surface area contributed by atoms with Gasteiger partial charge < -0.3 is 16.2 Å². The van der Waals surface area contributed by atoms with Gasteiger partial charge in [-0.05, 0) is 67.2 Å². The van der Waals surface area contributed by atoms with Crippen molar-refractivity contribution in [2.24, 2.45) is 11.1 Å². The lowest BCUT2D eigenvalue weighted by atomic mass is 9.73. The van der Waals surface area contributed by atoms with Crippen molar-refractivity contribution >= 4 is 17.5 Å². The summed E-state index contributed by atoms with van der Waals surface area (Å²) >= 11 is 0. The number of ketones is 1. The summed E-state index contributed by atoms with van der Waals surface area (Å²) < 4.78 is 5.70. The van der Waals surface area contributed by atoms with Gasteiger partial charge in [0.15, 0.2) is 5.78 Å². The Balaban J connectivity index is 2.53. The molecule has 1 aliphatic heterocycles. The highest BCUT2D eigenvalue weighted by atomic mass is 16.5. The van der Waals surface area contributed by atoms with Crippen molar-refractivity contribution < 1.29 is 9.53 Å². The van der Waals surface area contributed by atoms with Crippen LogP contribution in [0.25, 0.3) is 6.08 Å². The van der Waals surface area contributed by atoms with Gasteiger partial charge in [-0.25, -0.2) is 0 Å². The number of ether oxygens (including phenoxy) is 1. The molecule has 1 aliphatic rings. The average Bonchev–Trinajstić information content (AvgIpc) is 2.70. The first kappa shape index (κ1) is 22.3. The highest BCUT2D eigenvalue weighted by molar-refractivity contribution is 5.95. The summed E-state index contributed by atoms with van der Waals surface area (Å²) in [5.74, 6) is 0.628. The molecule has 0 aromatic heterocycles. The third-order valence-corrected chi connectivity index (χ3v) is 5.80. The van der Waals surface area contributed by atoms with E-state index in [0.717, 1.165) is 35.1 Å². The molecule has 0 saturated carbocycles. The summed E-state index contributed by atoms with van der Waals surface area (Å²) in [4.78, 5) is 12.3. The second kappa shape index (κ2) is 8.99. The van der Waals surface area contributed by atoms with Gasteiger partial charge in [-0.1, -0.05) is 45.2 Å². The molecule has 29 heavy (non-hydrogen) atoms. The van der Waals surface area contributed by atoms with Crippen molar-refractivity contribution in [3.8, 4) is 0 Å². The molecule has 0 saturated heterocycles. The van der Waals surface area contributed by atoms with Crippen molar-refractivity contribution in [3.63, 3.8) is 0 Å². The van der Waals surface area contributed by atoms with Crippen LogP contribution in [0.3, 0.4) is 0 Å². The number of nitrogen functional groups attached to an aromatic ring is 1. The number of carbonyl (C=O) groups excluding carboxylic acids is 1. The Kier molecular flexibility index (Phi) is 6.91. The monoisotopic (exact) mass is 392 g/mol. The first-order valence-corrected chi connectivity index (χ1v) is 9.94. The molecule has 2 rings (SSSR count). The van der Waals surface area contributed by atoms with Gasteiger partial charge in [0.1, 0.15) is 6.61 Å². The van der Waals surface area contributed by atoms with E-state index in [9.17, 15) is 4.79 Å². The van der Waals surface area contributed by atoms with Crippen LogP contribution in [0.2, 0.25) is 0 Å². The molecule has 1 aromatic rings. The molecule has 0 spiro atoms. The van der Waals surface area contributed by atoms with E-state index in [-0.39, 0.29) is 12.4 Å². The van der Waals surface area contributed by atoms with Crippen LogP contribution >= 0.6 is 0 Å². The molecule has 0 bridgehead atoms. The van der Waals surface area contributed by atoms with Gasteiger partial charge >= 0.3 is 0 Å². The first-order chi connectivity index (χ1) is 13.7. The molecular formula is C25H32N2O2. The lowest BCUT2D eigenvalue weighted by molar-refractivity contribution is -0.114. The zero-order valence-electron chi connectivity index (χ0n) is 18.0. The van der Waals surface area contributed by atoms with Crippen LogP contribution in [-0.4, -0.2) is 12.4 Å². The number of benzene rings is 1. The fourth-order valence-corrected chi connectivity index (χ4v) is 3.47. The van der Waals surface area contributed by atoms with Crippen molar-refractivity contribution in [2.45, 2.75) is 40.5 Å². The van der Waals surface area contributed by atoms with E-state index in [1.807, 2.05) is 50.3 Å². The third-order valence-electron chi connectivity index (χ3n) is 5.80. The zero-order valence-corrected chi connectivity index (χ0v) is 18.0. The minimum atomic E-state index is -0.482. The highest BCUT2D eigenvalue weighted by Crippen LogP contribution is 2.44. The normalized spacial score (nSPS) is 20.5. The van der Waals surface area contributed by atoms with E-state index in [1.54, 1.807) is 6.92 Å². The van der Waals surface area contributed by atoms with Crippen LogP contribution in [0, 0.1) is 5.41 Å². The number of nitrogens with two attached hydrogens (primary N) is 2. The third kappa shape index (κ3) is 4.53. The van der Waals surface area contributed by atoms with Gasteiger partial charge in [0.25, 0.3) is 0 Å². The van der Waals surface area contributed by atoms with Crippen LogP contribution in [0.4, 0.5) is 5.69 Å². The topological polar surface area (TPSA) is 78.3 Å². The van der Waals surface area contributed by atoms with E-state index in [0.29, 0.717) is 22.7 Å². The van der Waals surface area contributed by atoms with Crippen molar-refractivity contribution in [1.29, 1.82) is 0 Å². The molecule has 1 aromatic carbocycles. The van der Waals surface area contributed by atoms with Crippen molar-refractivity contribution in [1.82, 2.24) is 0 Å². The lowest BCUT2D eigenvalue weighted by Crippen LogP contribution is -2.31. The van der Waals surface area contributed by atoms with E-state index in [4.69, 9.17) is 16.2 Å². The number of para-hydroxylation sites is 1. The van der Waals surface area contributed by atoms with Crippen LogP contribution in [0.1, 0.15) is 46.1 Å². The van der Waals surface area contributed by atoms with E-state index in [1.165, 1.54) is 0 Å². The number of rotatable bonds is 7. The van der Waals surface area contributed by atoms with Gasteiger partial charge in [0.2, 0.25) is 0 Å². The van der Waals surface area contributed by atoms with Crippen LogP contribution in [-0.2, 0) is 9.53 Å². The molecule has 0 amide bonds. The fraction of sp³-hybridized carbons (Fsp3) is 0.320. The summed E-state index contributed by atoms with van der Waals surface area (Å²) in [6.45, 7) is 16.2. The largest absolute Gasteiger partial charge is 0.493 e. The van der Waals surface area contributed by atoms with Gasteiger partial charge in [-0.2, -0.15) is 0 Å². The first-order valence-electron chi connectivity index (χ1n) is 9.94. The summed E-state index contributed by atoms with van der Waals surface area (Å²) in [5.41, 5.74) is 17.4. The quantitative estimate of drug-likeness (QED) is 0.487. The molecule has 154 valence electrons. The van der Waals surface area contributed by atoms with Gasteiger partial charge in [-0.3, -0.25) is 4.79 Å². The smallest absolute Gasteiger partial charge is 0.159 e. The molecular weight excluding hydrogens is 360 g/mol. The SMILES string of the molecule is C=C(/C(N)=C/C1=C(C(C)=O)COC(=C)C1(C)CC)/C(=C\c1ccccc1N)CC. The zero-order chi connectivity index (χ0) is 21.8. The van der Waals surface area contributed by atoms with Crippen LogP contribution < -0.4 is 11.5 Å². The Bertz CT molecular complexity index is 934. The molecule has 0 aliphatic carbocycles. The molecule has 0 radical (unpaired) electrons. The molecule has 4 N–H and O–H groups in total. The maximum atomic E-state index is 12.3. The predicted octanol–water partition coefficient (Wildman–Crippen LogP) is 5.31. The minimum absolute atomic E-state index is 0.0230. The van der Waals surface area contributed by atoms with E-state index in [2.05, 4.69) is 20.1 Å². The molecule has 4 nitrogen and oxygen atoms in total. The number of carbonyl (C=O) groups is 1. The second-order valence-electron chi connectivity index (χ2n) is 7.58. The molecule has 0 fully saturated rings. The summed E-state index contributed by atoms with van der Waals surface area (Å²) in [7, 11) is 0. The van der Waals surface area contributed by atoms with Gasteiger partial charge in [-0.15, -0.1) is 0 Å². The Labute approximate surface area is 174 Å². The van der Waals surface area contributed by atoms with Gasteiger partial charge in [0.05, 0.1) is 5.76 Å². The number of Topliss-reactive ketones (excluding diaryl/α,β-unsaturated/α-hetero) is 1. The molecule has 4 heteroatoms. The molecule has 1 atom stereocenters. The van der Waals surface area contributed by atoms with Crippen LogP contribution in [0.15, 0.2) is 77.2 Å².